The number of aliphatic hydroxyl groups excluding tert-OH is 1. The van der Waals surface area contributed by atoms with Crippen molar-refractivity contribution >= 4 is 40.9 Å². The van der Waals surface area contributed by atoms with Crippen LogP contribution in [0.1, 0.15) is 62.0 Å². The summed E-state index contributed by atoms with van der Waals surface area (Å²) in [4.78, 5) is 61.5. The van der Waals surface area contributed by atoms with Crippen LogP contribution < -0.4 is 9.64 Å². The minimum absolute atomic E-state index is 0.0786. The second-order valence-electron chi connectivity index (χ2n) is 14.1. The van der Waals surface area contributed by atoms with Crippen molar-refractivity contribution in [1.82, 2.24) is 4.90 Å². The lowest BCUT2D eigenvalue weighted by Gasteiger charge is -2.50. The third kappa shape index (κ3) is 4.89. The molecule has 0 radical (unpaired) electrons. The minimum Gasteiger partial charge on any atom is -0.491 e. The highest BCUT2D eigenvalue weighted by Crippen LogP contribution is 2.64. The normalized spacial score (nSPS) is 29.8. The molecule has 5 aliphatic rings. The van der Waals surface area contributed by atoms with Crippen LogP contribution in [0.15, 0.2) is 90.5 Å². The molecule has 2 saturated carbocycles. The summed E-state index contributed by atoms with van der Waals surface area (Å²) in [5.41, 5.74) is 1.57. The number of anilines is 1. The van der Waals surface area contributed by atoms with Gasteiger partial charge in [0, 0.05) is 17.0 Å². The molecular formula is C40H39ClN2O6. The number of ether oxygens (including phenoxy) is 1. The summed E-state index contributed by atoms with van der Waals surface area (Å²) in [5.74, 6) is -3.15. The third-order valence-corrected chi connectivity index (χ3v) is 11.9. The number of carbonyl (C=O) groups is 4. The summed E-state index contributed by atoms with van der Waals surface area (Å²) in [6, 6.07) is 23.7. The third-order valence-electron chi connectivity index (χ3n) is 11.7. The number of rotatable bonds is 7. The van der Waals surface area contributed by atoms with Gasteiger partial charge in [0.1, 0.15) is 12.4 Å². The lowest BCUT2D eigenvalue weighted by atomic mass is 9.49. The van der Waals surface area contributed by atoms with E-state index in [0.717, 1.165) is 48.8 Å². The lowest BCUT2D eigenvalue weighted by molar-refractivity contribution is -0.143. The van der Waals surface area contributed by atoms with Gasteiger partial charge in [0.15, 0.2) is 0 Å². The number of benzene rings is 3. The SMILES string of the molecule is O=C1C2CC3C(=CCC4C(=O)N(C5CCCCC5)C(=O)C43)C(c3ccc(OCCO)cc3)C2(c2ccccc2)C(=O)N1c1cccc(Cl)c1. The molecule has 252 valence electrons. The van der Waals surface area contributed by atoms with E-state index in [0.29, 0.717) is 22.9 Å². The zero-order valence-corrected chi connectivity index (χ0v) is 27.9. The standard InChI is InChI=1S/C40H39ClN2O6/c41-26-10-7-13-28(22-26)43-37(46)33-23-32-30(18-19-31-34(32)38(47)42(36(31)45)27-11-5-2-6-12-27)35(24-14-16-29(17-15-24)49-21-20-44)40(33,39(43)48)25-8-3-1-4-9-25/h1,3-4,7-10,13-18,22,27,31-35,44H,2,5-6,11-12,19-21,23H2. The molecule has 4 fully saturated rings. The van der Waals surface area contributed by atoms with Crippen LogP contribution in [0.4, 0.5) is 5.69 Å². The van der Waals surface area contributed by atoms with Crippen molar-refractivity contribution in [1.29, 1.82) is 0 Å². The Kier molecular flexibility index (Phi) is 8.19. The molecule has 6 atom stereocenters. The van der Waals surface area contributed by atoms with Gasteiger partial charge in [0.25, 0.3) is 0 Å². The molecule has 8 rings (SSSR count). The average molecular weight is 679 g/mol. The van der Waals surface area contributed by atoms with Crippen molar-refractivity contribution in [2.45, 2.75) is 62.3 Å². The molecule has 2 aliphatic heterocycles. The van der Waals surface area contributed by atoms with Gasteiger partial charge >= 0.3 is 0 Å². The first-order chi connectivity index (χ1) is 23.9. The molecule has 0 aromatic heterocycles. The summed E-state index contributed by atoms with van der Waals surface area (Å²) in [7, 11) is 0. The van der Waals surface area contributed by atoms with Crippen molar-refractivity contribution < 1.29 is 29.0 Å². The van der Waals surface area contributed by atoms with Gasteiger partial charge in [-0.3, -0.25) is 24.1 Å². The largest absolute Gasteiger partial charge is 0.491 e. The molecule has 8 nitrogen and oxygen atoms in total. The fourth-order valence-electron chi connectivity index (χ4n) is 9.76. The van der Waals surface area contributed by atoms with Crippen molar-refractivity contribution in [3.05, 3.63) is 107 Å². The molecule has 4 amide bonds. The maximum atomic E-state index is 15.3. The van der Waals surface area contributed by atoms with Gasteiger partial charge in [-0.05, 0) is 73.1 Å². The first kappa shape index (κ1) is 32.0. The maximum absolute atomic E-state index is 15.3. The second kappa shape index (κ2) is 12.6. The number of allylic oxidation sites excluding steroid dienone is 2. The van der Waals surface area contributed by atoms with Crippen LogP contribution in [0.2, 0.25) is 5.02 Å². The van der Waals surface area contributed by atoms with Crippen LogP contribution in [-0.2, 0) is 24.6 Å². The molecule has 0 bridgehead atoms. The molecule has 0 spiro atoms. The zero-order valence-electron chi connectivity index (χ0n) is 27.2. The Morgan fingerprint density at radius 1 is 0.837 bits per heavy atom. The highest BCUT2D eigenvalue weighted by molar-refractivity contribution is 6.32. The van der Waals surface area contributed by atoms with E-state index in [2.05, 4.69) is 6.08 Å². The van der Waals surface area contributed by atoms with Gasteiger partial charge in [0.2, 0.25) is 23.6 Å². The van der Waals surface area contributed by atoms with Crippen LogP contribution in [0.3, 0.4) is 0 Å². The number of hydrogen-bond acceptors (Lipinski definition) is 6. The molecule has 9 heteroatoms. The monoisotopic (exact) mass is 678 g/mol. The van der Waals surface area contributed by atoms with Crippen molar-refractivity contribution in [2.75, 3.05) is 18.1 Å². The predicted molar refractivity (Wildman–Crippen MR) is 184 cm³/mol. The molecule has 2 heterocycles. The highest BCUT2D eigenvalue weighted by Gasteiger charge is 2.70. The lowest BCUT2D eigenvalue weighted by Crippen LogP contribution is -2.53. The predicted octanol–water partition coefficient (Wildman–Crippen LogP) is 6.21. The van der Waals surface area contributed by atoms with E-state index in [9.17, 15) is 19.5 Å². The van der Waals surface area contributed by atoms with E-state index in [4.69, 9.17) is 16.3 Å². The number of imide groups is 2. The van der Waals surface area contributed by atoms with E-state index in [1.54, 1.807) is 29.2 Å². The Balaban J connectivity index is 1.31. The average Bonchev–Trinajstić information content (AvgIpc) is 3.52. The van der Waals surface area contributed by atoms with Gasteiger partial charge in [-0.25, -0.2) is 4.90 Å². The Morgan fingerprint density at radius 2 is 1.59 bits per heavy atom. The van der Waals surface area contributed by atoms with Gasteiger partial charge in [-0.2, -0.15) is 0 Å². The highest BCUT2D eigenvalue weighted by atomic mass is 35.5. The molecule has 3 aromatic rings. The number of aliphatic hydroxyl groups is 1. The Labute approximate surface area is 290 Å². The summed E-state index contributed by atoms with van der Waals surface area (Å²) in [6.45, 7) is 0.0190. The van der Waals surface area contributed by atoms with Crippen LogP contribution in [0.25, 0.3) is 0 Å². The topological polar surface area (TPSA) is 104 Å². The summed E-state index contributed by atoms with van der Waals surface area (Å²) in [6.07, 6.45) is 7.56. The number of fused-ring (bicyclic) bond motifs is 4. The molecule has 49 heavy (non-hydrogen) atoms. The molecule has 1 N–H and O–H groups in total. The first-order valence-corrected chi connectivity index (χ1v) is 17.8. The summed E-state index contributed by atoms with van der Waals surface area (Å²) in [5, 5.41) is 9.73. The van der Waals surface area contributed by atoms with Crippen LogP contribution in [-0.4, -0.2) is 52.9 Å². The quantitative estimate of drug-likeness (QED) is 0.236. The molecule has 3 aromatic carbocycles. The Morgan fingerprint density at radius 3 is 2.31 bits per heavy atom. The molecule has 6 unspecified atom stereocenters. The molecule has 2 saturated heterocycles. The van der Waals surface area contributed by atoms with Crippen molar-refractivity contribution in [3.63, 3.8) is 0 Å². The smallest absolute Gasteiger partial charge is 0.246 e. The summed E-state index contributed by atoms with van der Waals surface area (Å²) >= 11 is 6.41. The van der Waals surface area contributed by atoms with Crippen LogP contribution >= 0.6 is 11.6 Å². The number of amides is 4. The van der Waals surface area contributed by atoms with Gasteiger partial charge in [-0.15, -0.1) is 0 Å². The fourth-order valence-corrected chi connectivity index (χ4v) is 9.95. The Bertz CT molecular complexity index is 1840. The number of carbonyl (C=O) groups excluding carboxylic acids is 4. The van der Waals surface area contributed by atoms with E-state index in [1.165, 1.54) is 4.90 Å². The number of hydrogen-bond donors (Lipinski definition) is 1. The number of likely N-dealkylation sites (tertiary alicyclic amines) is 1. The van der Waals surface area contributed by atoms with Crippen molar-refractivity contribution in [3.8, 4) is 5.75 Å². The van der Waals surface area contributed by atoms with Gasteiger partial charge in [0.05, 0.1) is 35.5 Å². The van der Waals surface area contributed by atoms with Crippen LogP contribution in [0.5, 0.6) is 5.75 Å². The number of nitrogens with zero attached hydrogens (tertiary/aromatic N) is 2. The molecular weight excluding hydrogens is 640 g/mol. The molecule has 3 aliphatic carbocycles. The van der Waals surface area contributed by atoms with Crippen molar-refractivity contribution in [2.24, 2.45) is 23.7 Å². The second-order valence-corrected chi connectivity index (χ2v) is 14.5. The summed E-state index contributed by atoms with van der Waals surface area (Å²) < 4.78 is 5.68. The first-order valence-electron chi connectivity index (χ1n) is 17.5. The van der Waals surface area contributed by atoms with Gasteiger partial charge < -0.3 is 9.84 Å². The van der Waals surface area contributed by atoms with E-state index in [-0.39, 0.29) is 49.3 Å². The number of halogens is 1. The Hall–Kier alpha value is -4.27. The van der Waals surface area contributed by atoms with Gasteiger partial charge in [-0.1, -0.05) is 91.0 Å². The minimum atomic E-state index is -1.32. The van der Waals surface area contributed by atoms with E-state index < -0.39 is 35.0 Å². The van der Waals surface area contributed by atoms with E-state index in [1.807, 2.05) is 54.6 Å². The van der Waals surface area contributed by atoms with E-state index >= 15 is 4.79 Å². The fraction of sp³-hybridized carbons (Fsp3) is 0.400. The maximum Gasteiger partial charge on any atom is 0.246 e. The van der Waals surface area contributed by atoms with Crippen LogP contribution in [0, 0.1) is 23.7 Å². The zero-order chi connectivity index (χ0) is 33.9.